The van der Waals surface area contributed by atoms with Gasteiger partial charge < -0.3 is 19.5 Å². The van der Waals surface area contributed by atoms with Gasteiger partial charge in [0, 0.05) is 32.7 Å². The zero-order valence-corrected chi connectivity index (χ0v) is 19.7. The lowest BCUT2D eigenvalue weighted by Gasteiger charge is -2.36. The monoisotopic (exact) mass is 455 g/mol. The van der Waals surface area contributed by atoms with Crippen LogP contribution in [-0.2, 0) is 28.9 Å². The van der Waals surface area contributed by atoms with Crippen LogP contribution in [0.1, 0.15) is 63.9 Å². The molecule has 1 aromatic heterocycles. The van der Waals surface area contributed by atoms with Crippen LogP contribution in [0.15, 0.2) is 18.2 Å². The van der Waals surface area contributed by atoms with E-state index in [-0.39, 0.29) is 23.9 Å². The number of nitrogens with one attached hydrogen (secondary N) is 1. The Kier molecular flexibility index (Phi) is 7.02. The molecule has 0 atom stereocenters. The molecule has 0 saturated carbocycles. The molecule has 1 N–H and O–H groups in total. The molecule has 2 aliphatic heterocycles. The fourth-order valence-electron chi connectivity index (χ4n) is 4.83. The van der Waals surface area contributed by atoms with E-state index >= 15 is 0 Å². The molecule has 2 aromatic rings. The maximum atomic E-state index is 12.9. The smallest absolute Gasteiger partial charge is 0.338 e. The number of aromatic nitrogens is 2. The van der Waals surface area contributed by atoms with Gasteiger partial charge in [-0.1, -0.05) is 6.92 Å². The predicted octanol–water partition coefficient (Wildman–Crippen LogP) is 3.09. The summed E-state index contributed by atoms with van der Waals surface area (Å²) in [6.07, 6.45) is 3.99. The van der Waals surface area contributed by atoms with Gasteiger partial charge >= 0.3 is 5.97 Å². The van der Waals surface area contributed by atoms with E-state index in [1.54, 1.807) is 25.3 Å². The molecule has 1 spiro atoms. The van der Waals surface area contributed by atoms with Crippen LogP contribution in [0.4, 0.5) is 0 Å². The van der Waals surface area contributed by atoms with Gasteiger partial charge in [0.15, 0.2) is 0 Å². The highest BCUT2D eigenvalue weighted by atomic mass is 16.5. The number of fused-ring (bicyclic) bond motifs is 1. The Labute approximate surface area is 194 Å². The number of ether oxygens (including phenoxy) is 3. The summed E-state index contributed by atoms with van der Waals surface area (Å²) in [6.45, 7) is 6.91. The maximum Gasteiger partial charge on any atom is 0.338 e. The number of esters is 1. The molecule has 0 unspecified atom stereocenters. The molecular formula is C25H33N3O5. The summed E-state index contributed by atoms with van der Waals surface area (Å²) in [5.74, 6) is 0.358. The minimum atomic E-state index is -0.352. The lowest BCUT2D eigenvalue weighted by atomic mass is 9.76. The van der Waals surface area contributed by atoms with Crippen LogP contribution >= 0.6 is 0 Å². The molecule has 1 amide bonds. The fraction of sp³-hybridized carbons (Fsp3) is 0.560. The van der Waals surface area contributed by atoms with Crippen molar-refractivity contribution < 1.29 is 23.8 Å². The third-order valence-electron chi connectivity index (χ3n) is 6.79. The van der Waals surface area contributed by atoms with Crippen LogP contribution in [0.5, 0.6) is 5.75 Å². The van der Waals surface area contributed by atoms with Crippen LogP contribution in [0.2, 0.25) is 0 Å². The van der Waals surface area contributed by atoms with Crippen LogP contribution < -0.4 is 10.1 Å². The molecule has 3 heterocycles. The number of aryl methyl sites for hydroxylation is 3. The largest absolute Gasteiger partial charge is 0.496 e. The third kappa shape index (κ3) is 4.90. The zero-order valence-electron chi connectivity index (χ0n) is 19.7. The van der Waals surface area contributed by atoms with Crippen LogP contribution in [0, 0.1) is 12.3 Å². The topological polar surface area (TPSA) is 91.7 Å². The molecule has 33 heavy (non-hydrogen) atoms. The van der Waals surface area contributed by atoms with Crippen LogP contribution in [-0.4, -0.2) is 55.1 Å². The van der Waals surface area contributed by atoms with Crippen LogP contribution in [0.3, 0.4) is 0 Å². The molecule has 1 fully saturated rings. The summed E-state index contributed by atoms with van der Waals surface area (Å²) in [7, 11) is 1.60. The predicted molar refractivity (Wildman–Crippen MR) is 123 cm³/mol. The van der Waals surface area contributed by atoms with E-state index in [4.69, 9.17) is 19.3 Å². The third-order valence-corrected chi connectivity index (χ3v) is 6.79. The zero-order chi connectivity index (χ0) is 23.4. The number of hydrogen-bond acceptors (Lipinski definition) is 6. The van der Waals surface area contributed by atoms with Crippen molar-refractivity contribution in [2.75, 3.05) is 33.5 Å². The van der Waals surface area contributed by atoms with Crippen molar-refractivity contribution in [2.45, 2.75) is 52.5 Å². The standard InChI is InChI=1S/C25H33N3O5/c1-4-19-22-20(15-25(16-26-23(22)29)8-12-32-13-9-25)28(27-19)10-5-11-33-24(30)18-6-7-21(31-3)17(2)14-18/h6-7,14H,4-5,8-13,15-16H2,1-3H3,(H,26,29). The van der Waals surface area contributed by atoms with Gasteiger partial charge in [0.05, 0.1) is 36.2 Å². The maximum absolute atomic E-state index is 12.9. The first-order valence-corrected chi connectivity index (χ1v) is 11.7. The Morgan fingerprint density at radius 2 is 2.09 bits per heavy atom. The van der Waals surface area contributed by atoms with Crippen molar-refractivity contribution in [3.05, 3.63) is 46.3 Å². The second-order valence-corrected chi connectivity index (χ2v) is 8.99. The van der Waals surface area contributed by atoms with E-state index in [0.717, 1.165) is 60.7 Å². The van der Waals surface area contributed by atoms with Gasteiger partial charge in [-0.15, -0.1) is 0 Å². The van der Waals surface area contributed by atoms with Gasteiger partial charge in [-0.3, -0.25) is 9.48 Å². The average Bonchev–Trinajstić information content (AvgIpc) is 3.10. The van der Waals surface area contributed by atoms with Gasteiger partial charge in [0.1, 0.15) is 5.75 Å². The van der Waals surface area contributed by atoms with Crippen molar-refractivity contribution in [3.8, 4) is 5.75 Å². The second kappa shape index (κ2) is 9.95. The van der Waals surface area contributed by atoms with Gasteiger partial charge in [0.25, 0.3) is 5.91 Å². The number of nitrogens with zero attached hydrogens (tertiary/aromatic N) is 2. The summed E-state index contributed by atoms with van der Waals surface area (Å²) >= 11 is 0. The van der Waals surface area contributed by atoms with Gasteiger partial charge in [0.2, 0.25) is 0 Å². The summed E-state index contributed by atoms with van der Waals surface area (Å²) in [5.41, 5.74) is 3.97. The number of hydrogen-bond donors (Lipinski definition) is 1. The molecular weight excluding hydrogens is 422 g/mol. The number of carbonyl (C=O) groups is 2. The Hall–Kier alpha value is -2.87. The Balaban J connectivity index is 1.43. The summed E-state index contributed by atoms with van der Waals surface area (Å²) in [5, 5.41) is 7.89. The van der Waals surface area contributed by atoms with Crippen molar-refractivity contribution in [1.29, 1.82) is 0 Å². The molecule has 8 heteroatoms. The highest BCUT2D eigenvalue weighted by Gasteiger charge is 2.39. The molecule has 1 saturated heterocycles. The minimum absolute atomic E-state index is 0.0145. The van der Waals surface area contributed by atoms with Crippen molar-refractivity contribution in [2.24, 2.45) is 5.41 Å². The molecule has 8 nitrogen and oxygen atoms in total. The van der Waals surface area contributed by atoms with E-state index < -0.39 is 0 Å². The molecule has 0 bridgehead atoms. The van der Waals surface area contributed by atoms with Crippen molar-refractivity contribution in [1.82, 2.24) is 15.1 Å². The number of benzene rings is 1. The Morgan fingerprint density at radius 3 is 2.79 bits per heavy atom. The summed E-state index contributed by atoms with van der Waals surface area (Å²) < 4.78 is 18.3. The van der Waals surface area contributed by atoms with E-state index in [1.165, 1.54) is 0 Å². The lowest BCUT2D eigenvalue weighted by Crippen LogP contribution is -2.40. The highest BCUT2D eigenvalue weighted by molar-refractivity contribution is 5.97. The van der Waals surface area contributed by atoms with E-state index in [0.29, 0.717) is 31.5 Å². The quantitative estimate of drug-likeness (QED) is 0.510. The first kappa shape index (κ1) is 23.3. The molecule has 4 rings (SSSR count). The van der Waals surface area contributed by atoms with Crippen LogP contribution in [0.25, 0.3) is 0 Å². The first-order chi connectivity index (χ1) is 16.0. The summed E-state index contributed by atoms with van der Waals surface area (Å²) in [6, 6.07) is 5.25. The van der Waals surface area contributed by atoms with E-state index in [1.807, 2.05) is 18.5 Å². The Morgan fingerprint density at radius 1 is 1.30 bits per heavy atom. The van der Waals surface area contributed by atoms with E-state index in [2.05, 4.69) is 5.32 Å². The fourth-order valence-corrected chi connectivity index (χ4v) is 4.83. The SMILES string of the molecule is CCc1nn(CCCOC(=O)c2ccc(OC)c(C)c2)c2c1C(=O)NCC1(CCOCC1)C2. The van der Waals surface area contributed by atoms with Crippen molar-refractivity contribution in [3.63, 3.8) is 0 Å². The Bertz CT molecular complexity index is 1020. The second-order valence-electron chi connectivity index (χ2n) is 8.99. The summed E-state index contributed by atoms with van der Waals surface area (Å²) in [4.78, 5) is 25.3. The molecule has 2 aliphatic rings. The first-order valence-electron chi connectivity index (χ1n) is 11.7. The van der Waals surface area contributed by atoms with Gasteiger partial charge in [-0.2, -0.15) is 5.10 Å². The van der Waals surface area contributed by atoms with Gasteiger partial charge in [-0.05, 0) is 61.8 Å². The van der Waals surface area contributed by atoms with Crippen molar-refractivity contribution >= 4 is 11.9 Å². The molecule has 0 aliphatic carbocycles. The average molecular weight is 456 g/mol. The number of methoxy groups -OCH3 is 1. The molecule has 0 radical (unpaired) electrons. The number of carbonyl (C=O) groups excluding carboxylic acids is 2. The normalized spacial score (nSPS) is 17.2. The molecule has 178 valence electrons. The van der Waals surface area contributed by atoms with Gasteiger partial charge in [-0.25, -0.2) is 4.79 Å². The highest BCUT2D eigenvalue weighted by Crippen LogP contribution is 2.37. The lowest BCUT2D eigenvalue weighted by molar-refractivity contribution is 0.0152. The molecule has 1 aromatic carbocycles. The number of rotatable bonds is 7. The minimum Gasteiger partial charge on any atom is -0.496 e. The number of amides is 1. The van der Waals surface area contributed by atoms with E-state index in [9.17, 15) is 9.59 Å².